The second kappa shape index (κ2) is 14.0. The van der Waals surface area contributed by atoms with Gasteiger partial charge in [-0.15, -0.1) is 11.3 Å². The summed E-state index contributed by atoms with van der Waals surface area (Å²) in [6.07, 6.45) is 2.62. The van der Waals surface area contributed by atoms with E-state index in [4.69, 9.17) is 21.3 Å². The number of urea groups is 1. The highest BCUT2D eigenvalue weighted by molar-refractivity contribution is 7.11. The quantitative estimate of drug-likeness (QED) is 0.322. The molecule has 3 aromatic rings. The Kier molecular flexibility index (Phi) is 9.46. The van der Waals surface area contributed by atoms with E-state index in [9.17, 15) is 23.9 Å². The zero-order valence-corrected chi connectivity index (χ0v) is 28.6. The largest absolute Gasteiger partial charge is 0.481 e. The summed E-state index contributed by atoms with van der Waals surface area (Å²) in [6, 6.07) is 7.32. The third kappa shape index (κ3) is 6.52. The van der Waals surface area contributed by atoms with Gasteiger partial charge >= 0.3 is 18.0 Å². The predicted octanol–water partition coefficient (Wildman–Crippen LogP) is 4.52. The Morgan fingerprint density at radius 2 is 1.90 bits per heavy atom. The molecule has 2 unspecified atom stereocenters. The first-order valence-electron chi connectivity index (χ1n) is 16.2. The van der Waals surface area contributed by atoms with Crippen LogP contribution in [0.5, 0.6) is 0 Å². The van der Waals surface area contributed by atoms with E-state index in [1.54, 1.807) is 28.6 Å². The number of fused-ring (bicyclic) bond motifs is 1. The Bertz CT molecular complexity index is 1880. The van der Waals surface area contributed by atoms with Crippen LogP contribution < -0.4 is 15.1 Å². The molecular weight excluding hydrogens is 692 g/mol. The van der Waals surface area contributed by atoms with Gasteiger partial charge in [-0.1, -0.05) is 17.7 Å². The van der Waals surface area contributed by atoms with Crippen molar-refractivity contribution in [2.24, 2.45) is 10.9 Å². The number of halogens is 3. The fourth-order valence-electron chi connectivity index (χ4n) is 7.10. The number of benzene rings is 2. The van der Waals surface area contributed by atoms with Gasteiger partial charge in [0.2, 0.25) is 0 Å². The van der Waals surface area contributed by atoms with Gasteiger partial charge in [0.05, 0.1) is 30.3 Å². The summed E-state index contributed by atoms with van der Waals surface area (Å²) in [6.45, 7) is 2.89. The summed E-state index contributed by atoms with van der Waals surface area (Å²) in [4.78, 5) is 54.7. The average Bonchev–Trinajstić information content (AvgIpc) is 3.76. The van der Waals surface area contributed by atoms with E-state index in [-0.39, 0.29) is 41.4 Å². The number of carbonyl (C=O) groups excluding carboxylic acids is 2. The number of nitrogens with zero attached hydrogens (tertiary/aromatic N) is 6. The summed E-state index contributed by atoms with van der Waals surface area (Å²) in [5.41, 5.74) is 2.02. The number of piperazine rings is 1. The number of carboxylic acid groups (broad SMARTS) is 1. The number of rotatable bonds is 8. The van der Waals surface area contributed by atoms with Crippen LogP contribution in [-0.4, -0.2) is 103 Å². The standard InChI is InChI=1S/C34H34ClF2N7O5S/c1-49-33(47)28-26(39-30(31-38-8-13-50-31)40-29(28)23-4-2-20(36)14-24(23)35)18-41-11-12-43-22(16-41)17-44(34(43)48)27-5-3-21(15-25(27)37)42-9-6-19(7-10-42)32(45)46/h2-5,8,13-15,19,22,29H,6-7,9-12,16-18H2,1H3,(H,39,40)(H,45,46). The number of ether oxygens (including phenoxy) is 1. The highest BCUT2D eigenvalue weighted by Gasteiger charge is 2.43. The van der Waals surface area contributed by atoms with Crippen molar-refractivity contribution in [3.8, 4) is 0 Å². The van der Waals surface area contributed by atoms with Crippen LogP contribution in [0.3, 0.4) is 0 Å². The van der Waals surface area contributed by atoms with Gasteiger partial charge in [-0.25, -0.2) is 23.4 Å². The number of aliphatic carboxylic acids is 1. The number of aliphatic imine (C=N–C) groups is 1. The van der Waals surface area contributed by atoms with Crippen LogP contribution in [0.25, 0.3) is 0 Å². The third-order valence-electron chi connectivity index (χ3n) is 9.67. The Morgan fingerprint density at radius 3 is 2.58 bits per heavy atom. The molecule has 2 N–H and O–H groups in total. The van der Waals surface area contributed by atoms with Crippen molar-refractivity contribution in [3.05, 3.63) is 86.5 Å². The summed E-state index contributed by atoms with van der Waals surface area (Å²) >= 11 is 7.85. The third-order valence-corrected chi connectivity index (χ3v) is 10.8. The topological polar surface area (TPSA) is 131 Å². The number of thiazole rings is 1. The van der Waals surface area contributed by atoms with E-state index in [2.05, 4.69) is 15.2 Å². The van der Waals surface area contributed by atoms with Gasteiger partial charge < -0.3 is 25.0 Å². The zero-order valence-electron chi connectivity index (χ0n) is 27.0. The van der Waals surface area contributed by atoms with Gasteiger partial charge in [-0.2, -0.15) is 0 Å². The van der Waals surface area contributed by atoms with Crippen LogP contribution in [0.4, 0.5) is 25.0 Å². The first-order chi connectivity index (χ1) is 24.1. The number of esters is 1. The van der Waals surface area contributed by atoms with Gasteiger partial charge in [0.1, 0.15) is 17.7 Å². The molecule has 0 aliphatic carbocycles. The molecule has 3 fully saturated rings. The summed E-state index contributed by atoms with van der Waals surface area (Å²) in [5.74, 6) is -2.43. The van der Waals surface area contributed by atoms with Crippen molar-refractivity contribution in [1.82, 2.24) is 20.1 Å². The van der Waals surface area contributed by atoms with E-state index in [1.807, 2.05) is 4.90 Å². The van der Waals surface area contributed by atoms with E-state index >= 15 is 4.39 Å². The SMILES string of the molecule is COC(=O)C1=C(CN2CCN3C(=O)N(c4ccc(N5CCC(C(=O)O)CC5)cc4F)CC3C2)NC(c2nccs2)=NC1c1ccc(F)cc1Cl. The maximum Gasteiger partial charge on any atom is 0.338 e. The van der Waals surface area contributed by atoms with Crippen molar-refractivity contribution in [3.63, 3.8) is 0 Å². The van der Waals surface area contributed by atoms with Gasteiger partial charge in [0.25, 0.3) is 0 Å². The van der Waals surface area contributed by atoms with E-state index in [1.165, 1.54) is 47.6 Å². The predicted molar refractivity (Wildman–Crippen MR) is 184 cm³/mol. The second-order valence-electron chi connectivity index (χ2n) is 12.6. The van der Waals surface area contributed by atoms with Crippen LogP contribution in [0, 0.1) is 17.6 Å². The molecule has 0 spiro atoms. The summed E-state index contributed by atoms with van der Waals surface area (Å²) in [7, 11) is 1.28. The molecule has 1 aromatic heterocycles. The molecule has 4 aliphatic heterocycles. The lowest BCUT2D eigenvalue weighted by molar-refractivity contribution is -0.142. The fourth-order valence-corrected chi connectivity index (χ4v) is 7.96. The van der Waals surface area contributed by atoms with Gasteiger partial charge in [0, 0.05) is 79.4 Å². The molecule has 5 heterocycles. The van der Waals surface area contributed by atoms with Crippen LogP contribution in [0.15, 0.2) is 64.2 Å². The maximum atomic E-state index is 15.6. The molecule has 0 saturated carbocycles. The van der Waals surface area contributed by atoms with Crippen LogP contribution >= 0.6 is 22.9 Å². The number of amides is 2. The Balaban J connectivity index is 1.10. The number of carboxylic acids is 1. The highest BCUT2D eigenvalue weighted by atomic mass is 35.5. The van der Waals surface area contributed by atoms with Gasteiger partial charge in [0.15, 0.2) is 10.8 Å². The molecule has 50 heavy (non-hydrogen) atoms. The molecule has 0 bridgehead atoms. The molecule has 16 heteroatoms. The number of nitrogens with one attached hydrogen (secondary N) is 1. The molecular formula is C34H34ClF2N7O5S. The molecule has 2 amide bonds. The number of aromatic nitrogens is 1. The van der Waals surface area contributed by atoms with Crippen LogP contribution in [0.2, 0.25) is 5.02 Å². The lowest BCUT2D eigenvalue weighted by Gasteiger charge is -2.38. The second-order valence-corrected chi connectivity index (χ2v) is 13.9. The summed E-state index contributed by atoms with van der Waals surface area (Å²) in [5, 5.41) is 15.1. The van der Waals surface area contributed by atoms with E-state index in [0.717, 1.165) is 0 Å². The number of amidine groups is 1. The molecule has 0 radical (unpaired) electrons. The van der Waals surface area contributed by atoms with Crippen molar-refractivity contribution in [2.75, 3.05) is 62.7 Å². The van der Waals surface area contributed by atoms with E-state index in [0.29, 0.717) is 73.4 Å². The number of methoxy groups -OCH3 is 1. The van der Waals surface area contributed by atoms with Crippen molar-refractivity contribution in [1.29, 1.82) is 0 Å². The zero-order chi connectivity index (χ0) is 35.1. The lowest BCUT2D eigenvalue weighted by Crippen LogP contribution is -2.53. The minimum absolute atomic E-state index is 0.112. The Labute approximate surface area is 295 Å². The first kappa shape index (κ1) is 33.9. The fraction of sp³-hybridized carbons (Fsp3) is 0.382. The van der Waals surface area contributed by atoms with Crippen molar-refractivity contribution >= 4 is 58.1 Å². The number of piperidine rings is 1. The van der Waals surface area contributed by atoms with Crippen molar-refractivity contribution in [2.45, 2.75) is 24.9 Å². The molecule has 12 nitrogen and oxygen atoms in total. The minimum Gasteiger partial charge on any atom is -0.481 e. The first-order valence-corrected chi connectivity index (χ1v) is 17.5. The lowest BCUT2D eigenvalue weighted by atomic mass is 9.95. The smallest absolute Gasteiger partial charge is 0.338 e. The monoisotopic (exact) mass is 725 g/mol. The number of anilines is 2. The maximum absolute atomic E-state index is 15.6. The molecule has 2 atom stereocenters. The van der Waals surface area contributed by atoms with Gasteiger partial charge in [-0.3, -0.25) is 19.6 Å². The van der Waals surface area contributed by atoms with Crippen LogP contribution in [0.1, 0.15) is 29.5 Å². The average molecular weight is 726 g/mol. The Morgan fingerprint density at radius 1 is 1.10 bits per heavy atom. The highest BCUT2D eigenvalue weighted by Crippen LogP contribution is 2.38. The van der Waals surface area contributed by atoms with Crippen LogP contribution in [-0.2, 0) is 14.3 Å². The number of carbonyl (C=O) groups is 3. The number of hydrogen-bond acceptors (Lipinski definition) is 10. The van der Waals surface area contributed by atoms with Gasteiger partial charge in [-0.05, 0) is 43.2 Å². The summed E-state index contributed by atoms with van der Waals surface area (Å²) < 4.78 is 34.8. The molecule has 4 aliphatic rings. The molecule has 2 aromatic carbocycles. The molecule has 262 valence electrons. The van der Waals surface area contributed by atoms with Crippen molar-refractivity contribution < 1.29 is 33.0 Å². The number of hydrogen-bond donors (Lipinski definition) is 2. The minimum atomic E-state index is -0.898. The molecule has 7 rings (SSSR count). The molecule has 3 saturated heterocycles. The van der Waals surface area contributed by atoms with E-state index < -0.39 is 35.5 Å². The normalized spacial score (nSPS) is 21.6. The Hall–Kier alpha value is -4.60.